The first kappa shape index (κ1) is 16.4. The first-order valence-electron chi connectivity index (χ1n) is 7.35. The number of alkyl halides is 1. The van der Waals surface area contributed by atoms with E-state index in [2.05, 4.69) is 50.7 Å². The van der Waals surface area contributed by atoms with Crippen LogP contribution in [-0.4, -0.2) is 15.6 Å². The summed E-state index contributed by atoms with van der Waals surface area (Å²) in [5.41, 5.74) is 1.27. The largest absolute Gasteiger partial charge is 0.385 e. The molecular weight excluding hydrogens is 455 g/mol. The maximum Gasteiger partial charge on any atom is 0.0949 e. The molecule has 0 radical (unpaired) electrons. The molecule has 1 aliphatic heterocycles. The lowest BCUT2D eigenvalue weighted by Crippen LogP contribution is -2.40. The lowest BCUT2D eigenvalue weighted by molar-refractivity contribution is -0.141. The van der Waals surface area contributed by atoms with Crippen molar-refractivity contribution in [3.63, 3.8) is 0 Å². The van der Waals surface area contributed by atoms with Crippen LogP contribution in [0.4, 0.5) is 0 Å². The molecule has 1 N–H and O–H groups in total. The van der Waals surface area contributed by atoms with Crippen LogP contribution in [0.25, 0.3) is 0 Å². The smallest absolute Gasteiger partial charge is 0.0949 e. The second kappa shape index (κ2) is 6.99. The Hall–Kier alpha value is -0.430. The zero-order chi connectivity index (χ0) is 15.6. The Kier molecular flexibility index (Phi) is 5.22. The van der Waals surface area contributed by atoms with Gasteiger partial charge in [-0.2, -0.15) is 0 Å². The van der Waals surface area contributed by atoms with Crippen molar-refractivity contribution in [2.75, 3.05) is 4.43 Å². The third kappa shape index (κ3) is 3.55. The average Bonchev–Trinajstić information content (AvgIpc) is 2.56. The van der Waals surface area contributed by atoms with Gasteiger partial charge in [-0.1, -0.05) is 81.0 Å². The summed E-state index contributed by atoms with van der Waals surface area (Å²) in [6.07, 6.45) is 1.22. The molecule has 2 aromatic rings. The van der Waals surface area contributed by atoms with Gasteiger partial charge in [0, 0.05) is 21.7 Å². The van der Waals surface area contributed by atoms with E-state index < -0.39 is 5.60 Å². The molecule has 22 heavy (non-hydrogen) atoms. The summed E-state index contributed by atoms with van der Waals surface area (Å²) in [5.74, 6) is 0. The van der Waals surface area contributed by atoms with Crippen molar-refractivity contribution in [2.45, 2.75) is 30.7 Å². The quantitative estimate of drug-likeness (QED) is 0.503. The number of rotatable bonds is 3. The van der Waals surface area contributed by atoms with Crippen molar-refractivity contribution in [3.05, 3.63) is 70.2 Å². The van der Waals surface area contributed by atoms with Gasteiger partial charge < -0.3 is 9.84 Å². The molecule has 4 heteroatoms. The minimum Gasteiger partial charge on any atom is -0.385 e. The fraction of sp³-hybridized carbons (Fsp3) is 0.333. The van der Waals surface area contributed by atoms with Crippen molar-refractivity contribution in [3.8, 4) is 0 Å². The zero-order valence-corrected chi connectivity index (χ0v) is 15.8. The number of hydrogen-bond donors (Lipinski definition) is 1. The molecule has 1 fully saturated rings. The molecule has 3 atom stereocenters. The molecule has 116 valence electrons. The second-order valence-corrected chi connectivity index (χ2v) is 7.55. The minimum absolute atomic E-state index is 0.0632. The SMILES string of the molecule is O[C@@]1(c2ccccc2)C[C@@H](CI)O[C@@H](c2ccc(Br)cc2)C1. The Morgan fingerprint density at radius 2 is 1.77 bits per heavy atom. The standard InChI is InChI=1S/C18H18BrIO2/c19-15-8-6-13(7-9-15)17-11-18(21,10-16(12-20)22-17)14-4-2-1-3-5-14/h1-9,16-17,21H,10-12H2/t16-,17+,18-/m0/s1. The van der Waals surface area contributed by atoms with Crippen LogP contribution in [-0.2, 0) is 10.3 Å². The van der Waals surface area contributed by atoms with Gasteiger partial charge >= 0.3 is 0 Å². The lowest BCUT2D eigenvalue weighted by Gasteiger charge is -2.41. The average molecular weight is 473 g/mol. The summed E-state index contributed by atoms with van der Waals surface area (Å²) in [4.78, 5) is 0. The Bertz CT molecular complexity index is 617. The van der Waals surface area contributed by atoms with Crippen LogP contribution in [0.5, 0.6) is 0 Å². The van der Waals surface area contributed by atoms with Crippen LogP contribution in [0.1, 0.15) is 30.1 Å². The van der Waals surface area contributed by atoms with Gasteiger partial charge in [0.2, 0.25) is 0 Å². The van der Waals surface area contributed by atoms with Gasteiger partial charge in [0.05, 0.1) is 17.8 Å². The Balaban J connectivity index is 1.91. The van der Waals surface area contributed by atoms with E-state index in [4.69, 9.17) is 4.74 Å². The molecular formula is C18H18BrIO2. The van der Waals surface area contributed by atoms with Gasteiger partial charge in [0.15, 0.2) is 0 Å². The molecule has 0 bridgehead atoms. The van der Waals surface area contributed by atoms with Gasteiger partial charge in [-0.3, -0.25) is 0 Å². The third-order valence-corrected chi connectivity index (χ3v) is 5.68. The molecule has 1 saturated heterocycles. The molecule has 1 aliphatic rings. The van der Waals surface area contributed by atoms with E-state index in [0.717, 1.165) is 20.0 Å². The summed E-state index contributed by atoms with van der Waals surface area (Å²) >= 11 is 5.80. The summed E-state index contributed by atoms with van der Waals surface area (Å²) in [6, 6.07) is 18.1. The summed E-state index contributed by atoms with van der Waals surface area (Å²) in [6.45, 7) is 0. The first-order chi connectivity index (χ1) is 10.6. The fourth-order valence-corrected chi connectivity index (χ4v) is 3.83. The Labute approximate surface area is 153 Å². The molecule has 0 spiro atoms. The van der Waals surface area contributed by atoms with Gasteiger partial charge in [-0.15, -0.1) is 0 Å². The van der Waals surface area contributed by atoms with Crippen molar-refractivity contribution in [1.29, 1.82) is 0 Å². The van der Waals surface area contributed by atoms with Crippen LogP contribution in [0.15, 0.2) is 59.1 Å². The fourth-order valence-electron chi connectivity index (χ4n) is 3.04. The molecule has 0 saturated carbocycles. The lowest BCUT2D eigenvalue weighted by atomic mass is 9.80. The summed E-state index contributed by atoms with van der Waals surface area (Å²) in [5, 5.41) is 11.2. The van der Waals surface area contributed by atoms with E-state index in [1.165, 1.54) is 0 Å². The molecule has 0 aromatic heterocycles. The first-order valence-corrected chi connectivity index (χ1v) is 9.67. The van der Waals surface area contributed by atoms with Crippen LogP contribution >= 0.6 is 38.5 Å². The molecule has 0 aliphatic carbocycles. The van der Waals surface area contributed by atoms with Crippen LogP contribution < -0.4 is 0 Å². The van der Waals surface area contributed by atoms with Gasteiger partial charge in [-0.05, 0) is 23.3 Å². The Morgan fingerprint density at radius 1 is 1.09 bits per heavy atom. The monoisotopic (exact) mass is 472 g/mol. The number of ether oxygens (including phenoxy) is 1. The molecule has 1 heterocycles. The van der Waals surface area contributed by atoms with E-state index in [1.54, 1.807) is 0 Å². The minimum atomic E-state index is -0.826. The van der Waals surface area contributed by atoms with E-state index in [9.17, 15) is 5.11 Å². The van der Waals surface area contributed by atoms with Gasteiger partial charge in [0.25, 0.3) is 0 Å². The highest BCUT2D eigenvalue weighted by Gasteiger charge is 2.41. The second-order valence-electron chi connectivity index (χ2n) is 5.76. The van der Waals surface area contributed by atoms with Crippen molar-refractivity contribution in [1.82, 2.24) is 0 Å². The molecule has 0 unspecified atom stereocenters. The molecule has 0 amide bonds. The van der Waals surface area contributed by atoms with Crippen molar-refractivity contribution < 1.29 is 9.84 Å². The maximum atomic E-state index is 11.2. The predicted octanol–water partition coefficient (Wildman–Crippen LogP) is 4.99. The van der Waals surface area contributed by atoms with Crippen LogP contribution in [0.3, 0.4) is 0 Å². The normalized spacial score (nSPS) is 28.5. The van der Waals surface area contributed by atoms with Gasteiger partial charge in [0.1, 0.15) is 0 Å². The van der Waals surface area contributed by atoms with E-state index in [1.807, 2.05) is 42.5 Å². The maximum absolute atomic E-state index is 11.2. The number of halogens is 2. The van der Waals surface area contributed by atoms with Crippen LogP contribution in [0.2, 0.25) is 0 Å². The van der Waals surface area contributed by atoms with E-state index in [0.29, 0.717) is 12.8 Å². The van der Waals surface area contributed by atoms with E-state index in [-0.39, 0.29) is 12.2 Å². The van der Waals surface area contributed by atoms with Crippen molar-refractivity contribution in [2.24, 2.45) is 0 Å². The van der Waals surface area contributed by atoms with Crippen molar-refractivity contribution >= 4 is 38.5 Å². The third-order valence-electron chi connectivity index (χ3n) is 4.17. The molecule has 2 nitrogen and oxygen atoms in total. The van der Waals surface area contributed by atoms with Gasteiger partial charge in [-0.25, -0.2) is 0 Å². The molecule has 2 aromatic carbocycles. The summed E-state index contributed by atoms with van der Waals surface area (Å²) < 4.78 is 8.12. The number of benzene rings is 2. The predicted molar refractivity (Wildman–Crippen MR) is 100 cm³/mol. The topological polar surface area (TPSA) is 29.5 Å². The highest BCUT2D eigenvalue weighted by Crippen LogP contribution is 2.43. The zero-order valence-electron chi connectivity index (χ0n) is 12.1. The van der Waals surface area contributed by atoms with E-state index >= 15 is 0 Å². The number of aliphatic hydroxyl groups is 1. The number of hydrogen-bond acceptors (Lipinski definition) is 2. The molecule has 3 rings (SSSR count). The highest BCUT2D eigenvalue weighted by molar-refractivity contribution is 14.1. The summed E-state index contributed by atoms with van der Waals surface area (Å²) in [7, 11) is 0. The Morgan fingerprint density at radius 3 is 2.41 bits per heavy atom. The van der Waals surface area contributed by atoms with Crippen LogP contribution in [0, 0.1) is 0 Å². The highest BCUT2D eigenvalue weighted by atomic mass is 127.